The first-order valence-electron chi connectivity index (χ1n) is 7.05. The van der Waals surface area contributed by atoms with Gasteiger partial charge in [-0.15, -0.1) is 0 Å². The average molecular weight is 267 g/mol. The fourth-order valence-electron chi connectivity index (χ4n) is 2.14. The minimum absolute atomic E-state index is 0.0471. The number of nitrogens with one attached hydrogen (secondary N) is 1. The maximum atomic E-state index is 12.0. The molecule has 5 heteroatoms. The number of aryl methyl sites for hydroxylation is 1. The Kier molecular flexibility index (Phi) is 6.02. The number of carbonyl (C=O) groups excluding carboxylic acids is 1. The molecule has 1 heterocycles. The van der Waals surface area contributed by atoms with Gasteiger partial charge < -0.3 is 10.4 Å². The lowest BCUT2D eigenvalue weighted by Crippen LogP contribution is -2.37. The molecule has 0 spiro atoms. The van der Waals surface area contributed by atoms with Crippen molar-refractivity contribution >= 4 is 5.91 Å². The molecule has 19 heavy (non-hydrogen) atoms. The van der Waals surface area contributed by atoms with E-state index in [0.717, 1.165) is 18.5 Å². The number of aromatic nitrogens is 2. The third-order valence-corrected chi connectivity index (χ3v) is 3.49. The van der Waals surface area contributed by atoms with Crippen molar-refractivity contribution in [2.45, 2.75) is 59.0 Å². The molecule has 0 saturated carbocycles. The molecule has 108 valence electrons. The maximum absolute atomic E-state index is 12.0. The summed E-state index contributed by atoms with van der Waals surface area (Å²) < 4.78 is 1.93. The van der Waals surface area contributed by atoms with Gasteiger partial charge in [0.2, 0.25) is 0 Å². The first kappa shape index (κ1) is 15.7. The van der Waals surface area contributed by atoms with Crippen LogP contribution in [-0.4, -0.2) is 33.4 Å². The molecule has 1 unspecified atom stereocenters. The number of amides is 1. The number of carbonyl (C=O) groups is 1. The molecule has 2 N–H and O–H groups in total. The molecule has 0 bridgehead atoms. The van der Waals surface area contributed by atoms with Crippen molar-refractivity contribution in [2.75, 3.05) is 6.61 Å². The van der Waals surface area contributed by atoms with Crippen LogP contribution in [0.4, 0.5) is 0 Å². The molecule has 0 aliphatic carbocycles. The highest BCUT2D eigenvalue weighted by Gasteiger charge is 2.18. The van der Waals surface area contributed by atoms with Crippen LogP contribution >= 0.6 is 0 Å². The van der Waals surface area contributed by atoms with Crippen LogP contribution in [0.2, 0.25) is 0 Å². The Bertz CT molecular complexity index is 407. The highest BCUT2D eigenvalue weighted by molar-refractivity contribution is 5.92. The summed E-state index contributed by atoms with van der Waals surface area (Å²) in [6.45, 7) is 8.08. The van der Waals surface area contributed by atoms with Gasteiger partial charge in [0.25, 0.3) is 5.91 Å². The molecular formula is C14H25N3O2. The number of hydrogen-bond acceptors (Lipinski definition) is 3. The smallest absolute Gasteiger partial charge is 0.272 e. The molecule has 5 nitrogen and oxygen atoms in total. The predicted molar refractivity (Wildman–Crippen MR) is 75.2 cm³/mol. The van der Waals surface area contributed by atoms with Crippen LogP contribution in [0.5, 0.6) is 0 Å². The summed E-state index contributed by atoms with van der Waals surface area (Å²) in [5.74, 6) is -0.214. The van der Waals surface area contributed by atoms with E-state index in [0.29, 0.717) is 18.2 Å². The van der Waals surface area contributed by atoms with Crippen molar-refractivity contribution in [1.29, 1.82) is 0 Å². The van der Waals surface area contributed by atoms with Crippen molar-refractivity contribution in [2.24, 2.45) is 0 Å². The Morgan fingerprint density at radius 1 is 1.37 bits per heavy atom. The molecule has 1 rings (SSSR count). The average Bonchev–Trinajstić information content (AvgIpc) is 2.80. The van der Waals surface area contributed by atoms with Gasteiger partial charge in [0.05, 0.1) is 18.7 Å². The van der Waals surface area contributed by atoms with E-state index in [4.69, 9.17) is 5.11 Å². The zero-order chi connectivity index (χ0) is 14.4. The SMILES string of the molecule is CCC(CO)NC(=O)c1cc(C)n(C(CC)CC)n1. The first-order chi connectivity index (χ1) is 9.07. The second-order valence-electron chi connectivity index (χ2n) is 4.85. The van der Waals surface area contributed by atoms with Gasteiger partial charge in [-0.2, -0.15) is 5.10 Å². The van der Waals surface area contributed by atoms with Crippen molar-refractivity contribution in [3.05, 3.63) is 17.5 Å². The maximum Gasteiger partial charge on any atom is 0.272 e. The fourth-order valence-corrected chi connectivity index (χ4v) is 2.14. The molecule has 1 aromatic rings. The Labute approximate surface area is 115 Å². The Hall–Kier alpha value is -1.36. The van der Waals surface area contributed by atoms with Crippen LogP contribution in [0.3, 0.4) is 0 Å². The number of aliphatic hydroxyl groups excluding tert-OH is 1. The minimum Gasteiger partial charge on any atom is -0.394 e. The van der Waals surface area contributed by atoms with Crippen LogP contribution in [0.15, 0.2) is 6.07 Å². The summed E-state index contributed by atoms with van der Waals surface area (Å²) in [6.07, 6.45) is 2.69. The Morgan fingerprint density at radius 2 is 2.00 bits per heavy atom. The highest BCUT2D eigenvalue weighted by Crippen LogP contribution is 2.17. The van der Waals surface area contributed by atoms with Crippen LogP contribution in [0.25, 0.3) is 0 Å². The number of aliphatic hydroxyl groups is 1. The number of rotatable bonds is 7. The summed E-state index contributed by atoms with van der Waals surface area (Å²) in [7, 11) is 0. The van der Waals surface area contributed by atoms with Crippen LogP contribution in [0, 0.1) is 6.92 Å². The van der Waals surface area contributed by atoms with E-state index in [9.17, 15) is 4.79 Å². The van der Waals surface area contributed by atoms with Gasteiger partial charge in [-0.25, -0.2) is 0 Å². The molecule has 0 saturated heterocycles. The first-order valence-corrected chi connectivity index (χ1v) is 7.05. The van der Waals surface area contributed by atoms with E-state index in [1.807, 2.05) is 18.5 Å². The topological polar surface area (TPSA) is 67.2 Å². The van der Waals surface area contributed by atoms with Crippen LogP contribution in [0.1, 0.15) is 62.3 Å². The summed E-state index contributed by atoms with van der Waals surface area (Å²) in [5, 5.41) is 16.3. The van der Waals surface area contributed by atoms with Gasteiger partial charge >= 0.3 is 0 Å². The molecule has 0 aliphatic rings. The van der Waals surface area contributed by atoms with E-state index in [-0.39, 0.29) is 18.6 Å². The van der Waals surface area contributed by atoms with Gasteiger partial charge in [-0.1, -0.05) is 20.8 Å². The van der Waals surface area contributed by atoms with Crippen LogP contribution < -0.4 is 5.32 Å². The van der Waals surface area contributed by atoms with E-state index in [1.165, 1.54) is 0 Å². The molecular weight excluding hydrogens is 242 g/mol. The number of nitrogens with zero attached hydrogens (tertiary/aromatic N) is 2. The van der Waals surface area contributed by atoms with Gasteiger partial charge in [-0.05, 0) is 32.3 Å². The molecule has 1 aromatic heterocycles. The Balaban J connectivity index is 2.85. The molecule has 0 radical (unpaired) electrons. The largest absolute Gasteiger partial charge is 0.394 e. The lowest BCUT2D eigenvalue weighted by molar-refractivity contribution is 0.0908. The van der Waals surface area contributed by atoms with Gasteiger partial charge in [0.15, 0.2) is 0 Å². The third kappa shape index (κ3) is 3.80. The zero-order valence-corrected chi connectivity index (χ0v) is 12.3. The fraction of sp³-hybridized carbons (Fsp3) is 0.714. The summed E-state index contributed by atoms with van der Waals surface area (Å²) in [4.78, 5) is 12.0. The lowest BCUT2D eigenvalue weighted by Gasteiger charge is -2.15. The second-order valence-corrected chi connectivity index (χ2v) is 4.85. The molecule has 0 fully saturated rings. The highest BCUT2D eigenvalue weighted by atomic mass is 16.3. The van der Waals surface area contributed by atoms with Crippen LogP contribution in [-0.2, 0) is 0 Å². The summed E-state index contributed by atoms with van der Waals surface area (Å²) in [6, 6.07) is 1.94. The zero-order valence-electron chi connectivity index (χ0n) is 12.3. The van der Waals surface area contributed by atoms with Gasteiger partial charge in [0, 0.05) is 5.69 Å². The van der Waals surface area contributed by atoms with Crippen molar-refractivity contribution in [3.8, 4) is 0 Å². The third-order valence-electron chi connectivity index (χ3n) is 3.49. The lowest BCUT2D eigenvalue weighted by atomic mass is 10.2. The van der Waals surface area contributed by atoms with Crippen molar-refractivity contribution in [1.82, 2.24) is 15.1 Å². The van der Waals surface area contributed by atoms with Gasteiger partial charge in [-0.3, -0.25) is 9.48 Å². The summed E-state index contributed by atoms with van der Waals surface area (Å²) in [5.41, 5.74) is 1.42. The molecule has 1 atom stereocenters. The summed E-state index contributed by atoms with van der Waals surface area (Å²) >= 11 is 0. The predicted octanol–water partition coefficient (Wildman–Crippen LogP) is 2.05. The normalized spacial score (nSPS) is 12.7. The quantitative estimate of drug-likeness (QED) is 0.794. The molecule has 0 aromatic carbocycles. The Morgan fingerprint density at radius 3 is 2.47 bits per heavy atom. The number of hydrogen-bond donors (Lipinski definition) is 2. The van der Waals surface area contributed by atoms with E-state index in [2.05, 4.69) is 24.3 Å². The second kappa shape index (κ2) is 7.28. The standard InChI is InChI=1S/C14H25N3O2/c1-5-11(9-18)15-14(19)13-8-10(4)17(16-13)12(6-2)7-3/h8,11-12,18H,5-7,9H2,1-4H3,(H,15,19). The van der Waals surface area contributed by atoms with E-state index >= 15 is 0 Å². The van der Waals surface area contributed by atoms with Crippen molar-refractivity contribution < 1.29 is 9.90 Å². The van der Waals surface area contributed by atoms with E-state index < -0.39 is 0 Å². The molecule has 1 amide bonds. The van der Waals surface area contributed by atoms with Crippen molar-refractivity contribution in [3.63, 3.8) is 0 Å². The van der Waals surface area contributed by atoms with E-state index in [1.54, 1.807) is 6.07 Å². The molecule has 0 aliphatic heterocycles. The monoisotopic (exact) mass is 267 g/mol. The van der Waals surface area contributed by atoms with Gasteiger partial charge in [0.1, 0.15) is 5.69 Å². The minimum atomic E-state index is -0.214.